The number of nitrogens with one attached hydrogen (secondary N) is 2. The van der Waals surface area contributed by atoms with Crippen molar-refractivity contribution in [3.63, 3.8) is 0 Å². The van der Waals surface area contributed by atoms with Gasteiger partial charge in [-0.25, -0.2) is 0 Å². The topological polar surface area (TPSA) is 70.7 Å². The van der Waals surface area contributed by atoms with Crippen LogP contribution in [0.2, 0.25) is 0 Å². The maximum Gasteiger partial charge on any atom is 0.231 e. The molecule has 1 fully saturated rings. The van der Waals surface area contributed by atoms with E-state index >= 15 is 0 Å². The number of carbonyl (C=O) groups excluding carboxylic acids is 2. The Kier molecular flexibility index (Phi) is 6.50. The fourth-order valence-electron chi connectivity index (χ4n) is 3.72. The lowest BCUT2D eigenvalue weighted by Crippen LogP contribution is -2.40. The van der Waals surface area contributed by atoms with Crippen LogP contribution in [0.15, 0.2) is 24.3 Å². The average Bonchev–Trinajstić information content (AvgIpc) is 2.81. The molecule has 2 amide bonds. The first-order chi connectivity index (χ1) is 12.6. The molecule has 1 atom stereocenters. The van der Waals surface area contributed by atoms with Gasteiger partial charge in [-0.3, -0.25) is 9.59 Å². The molecule has 1 unspecified atom stereocenters. The fraction of sp³-hybridized carbons (Fsp3) is 0.600. The monoisotopic (exact) mass is 359 g/mol. The number of benzene rings is 1. The Morgan fingerprint density at radius 2 is 2.04 bits per heavy atom. The number of amides is 2. The Morgan fingerprint density at radius 1 is 1.27 bits per heavy atom. The first-order valence-electron chi connectivity index (χ1n) is 9.63. The molecule has 142 valence electrons. The molecule has 3 rings (SSSR count). The third-order valence-electron chi connectivity index (χ3n) is 5.37. The molecule has 2 N–H and O–H groups in total. The second kappa shape index (κ2) is 9.03. The molecule has 0 spiro atoms. The Balaban J connectivity index is 1.41. The van der Waals surface area contributed by atoms with Crippen LogP contribution >= 0.6 is 0 Å². The van der Waals surface area contributed by atoms with Crippen molar-refractivity contribution in [2.24, 2.45) is 5.92 Å². The highest BCUT2D eigenvalue weighted by atomic mass is 16.5. The number of nitrogens with zero attached hydrogens (tertiary/aromatic N) is 1. The number of hydrogen-bond acceptors (Lipinski definition) is 4. The Bertz CT molecular complexity index is 628. The first kappa shape index (κ1) is 18.7. The lowest BCUT2D eigenvalue weighted by Gasteiger charge is -2.31. The van der Waals surface area contributed by atoms with Crippen LogP contribution in [0.25, 0.3) is 0 Å². The number of rotatable bonds is 6. The highest BCUT2D eigenvalue weighted by Gasteiger charge is 2.27. The normalized spacial score (nSPS) is 20.7. The van der Waals surface area contributed by atoms with Gasteiger partial charge in [0.2, 0.25) is 11.8 Å². The van der Waals surface area contributed by atoms with E-state index in [1.54, 1.807) is 6.07 Å². The van der Waals surface area contributed by atoms with E-state index in [9.17, 15) is 9.59 Å². The molecule has 6 nitrogen and oxygen atoms in total. The number of hydrogen-bond donors (Lipinski definition) is 2. The summed E-state index contributed by atoms with van der Waals surface area (Å²) >= 11 is 0. The van der Waals surface area contributed by atoms with Crippen LogP contribution in [-0.2, 0) is 9.59 Å². The molecule has 1 aromatic carbocycles. The fourth-order valence-corrected chi connectivity index (χ4v) is 3.72. The molecular formula is C20H29N3O3. The summed E-state index contributed by atoms with van der Waals surface area (Å²) in [6.07, 6.45) is 6.61. The number of anilines is 1. The minimum absolute atomic E-state index is 0.100. The van der Waals surface area contributed by atoms with Gasteiger partial charge in [-0.05, 0) is 32.0 Å². The van der Waals surface area contributed by atoms with E-state index in [4.69, 9.17) is 4.74 Å². The summed E-state index contributed by atoms with van der Waals surface area (Å²) in [6, 6.07) is 7.97. The molecule has 6 heteroatoms. The van der Waals surface area contributed by atoms with Crippen molar-refractivity contribution >= 4 is 17.5 Å². The van der Waals surface area contributed by atoms with Crippen molar-refractivity contribution in [3.05, 3.63) is 24.3 Å². The van der Waals surface area contributed by atoms with Gasteiger partial charge < -0.3 is 20.3 Å². The molecule has 0 radical (unpaired) electrons. The zero-order valence-electron chi connectivity index (χ0n) is 15.5. The second-order valence-corrected chi connectivity index (χ2v) is 7.32. The Morgan fingerprint density at radius 3 is 2.85 bits per heavy atom. The standard InChI is InChI=1S/C20H29N3O3/c1-23(16-7-3-2-4-8-16)12-11-21-19(24)13-15-14-26-18-10-6-5-9-17(18)22-20(15)25/h5-6,9-10,15-16H,2-4,7-8,11-14H2,1H3,(H,21,24)(H,22,25). The maximum absolute atomic E-state index is 12.3. The van der Waals surface area contributed by atoms with E-state index in [1.165, 1.54) is 32.1 Å². The largest absolute Gasteiger partial charge is 0.491 e. The minimum Gasteiger partial charge on any atom is -0.491 e. The van der Waals surface area contributed by atoms with Gasteiger partial charge in [-0.1, -0.05) is 31.4 Å². The van der Waals surface area contributed by atoms with E-state index in [2.05, 4.69) is 22.6 Å². The molecule has 1 saturated carbocycles. The molecule has 26 heavy (non-hydrogen) atoms. The van der Waals surface area contributed by atoms with Crippen LogP contribution in [0.3, 0.4) is 0 Å². The summed E-state index contributed by atoms with van der Waals surface area (Å²) in [5.41, 5.74) is 0.662. The molecule has 0 aromatic heterocycles. The summed E-state index contributed by atoms with van der Waals surface area (Å²) in [6.45, 7) is 1.68. The maximum atomic E-state index is 12.3. The smallest absolute Gasteiger partial charge is 0.231 e. The van der Waals surface area contributed by atoms with Crippen LogP contribution < -0.4 is 15.4 Å². The van der Waals surface area contributed by atoms with Crippen molar-refractivity contribution in [2.75, 3.05) is 32.1 Å². The lowest BCUT2D eigenvalue weighted by atomic mass is 9.94. The van der Waals surface area contributed by atoms with E-state index in [-0.39, 0.29) is 24.8 Å². The first-order valence-corrected chi connectivity index (χ1v) is 9.63. The van der Waals surface area contributed by atoms with E-state index in [1.807, 2.05) is 18.2 Å². The van der Waals surface area contributed by atoms with Crippen LogP contribution in [0.5, 0.6) is 5.75 Å². The number of fused-ring (bicyclic) bond motifs is 1. The second-order valence-electron chi connectivity index (χ2n) is 7.32. The molecule has 0 bridgehead atoms. The Hall–Kier alpha value is -2.08. The van der Waals surface area contributed by atoms with E-state index in [0.717, 1.165) is 6.54 Å². The minimum atomic E-state index is -0.474. The molecule has 2 aliphatic rings. The van der Waals surface area contributed by atoms with Gasteiger partial charge in [0.25, 0.3) is 0 Å². The van der Waals surface area contributed by atoms with Crippen molar-refractivity contribution in [3.8, 4) is 5.75 Å². The van der Waals surface area contributed by atoms with E-state index < -0.39 is 5.92 Å². The number of carbonyl (C=O) groups is 2. The van der Waals surface area contributed by atoms with Crippen LogP contribution in [-0.4, -0.2) is 49.5 Å². The number of ether oxygens (including phenoxy) is 1. The van der Waals surface area contributed by atoms with Crippen LogP contribution in [0.1, 0.15) is 38.5 Å². The van der Waals surface area contributed by atoms with E-state index in [0.29, 0.717) is 24.0 Å². The van der Waals surface area contributed by atoms with Crippen molar-refractivity contribution in [1.82, 2.24) is 10.2 Å². The van der Waals surface area contributed by atoms with Gasteiger partial charge in [0.05, 0.1) is 11.6 Å². The summed E-state index contributed by atoms with van der Waals surface area (Å²) in [4.78, 5) is 26.9. The summed E-state index contributed by atoms with van der Waals surface area (Å²) in [5.74, 6) is -0.0856. The Labute approximate surface area is 155 Å². The van der Waals surface area contributed by atoms with Gasteiger partial charge in [-0.2, -0.15) is 0 Å². The summed E-state index contributed by atoms with van der Waals surface area (Å²) in [5, 5.41) is 5.79. The predicted octanol–water partition coefficient (Wildman–Crippen LogP) is 2.40. The third kappa shape index (κ3) is 4.97. The zero-order chi connectivity index (χ0) is 18.4. The molecule has 1 aliphatic carbocycles. The van der Waals surface area contributed by atoms with Crippen molar-refractivity contribution in [2.45, 2.75) is 44.6 Å². The highest BCUT2D eigenvalue weighted by Crippen LogP contribution is 2.28. The SMILES string of the molecule is CN(CCNC(=O)CC1COc2ccccc2NC1=O)C1CCCCC1. The van der Waals surface area contributed by atoms with Gasteiger partial charge in [0.15, 0.2) is 0 Å². The predicted molar refractivity (Wildman–Crippen MR) is 101 cm³/mol. The van der Waals surface area contributed by atoms with Crippen molar-refractivity contribution in [1.29, 1.82) is 0 Å². The van der Waals surface area contributed by atoms with Gasteiger partial charge in [0.1, 0.15) is 12.4 Å². The molecule has 1 aliphatic heterocycles. The number of para-hydroxylation sites is 2. The zero-order valence-corrected chi connectivity index (χ0v) is 15.5. The van der Waals surface area contributed by atoms with Gasteiger partial charge in [0, 0.05) is 25.6 Å². The molecule has 0 saturated heterocycles. The average molecular weight is 359 g/mol. The molecule has 1 heterocycles. The van der Waals surface area contributed by atoms with Crippen LogP contribution in [0, 0.1) is 5.92 Å². The molecular weight excluding hydrogens is 330 g/mol. The molecule has 1 aromatic rings. The van der Waals surface area contributed by atoms with Crippen LogP contribution in [0.4, 0.5) is 5.69 Å². The summed E-state index contributed by atoms with van der Waals surface area (Å²) in [7, 11) is 2.13. The lowest BCUT2D eigenvalue weighted by molar-refractivity contribution is -0.128. The quantitative estimate of drug-likeness (QED) is 0.818. The summed E-state index contributed by atoms with van der Waals surface area (Å²) < 4.78 is 5.68. The van der Waals surface area contributed by atoms with Crippen molar-refractivity contribution < 1.29 is 14.3 Å². The van der Waals surface area contributed by atoms with Gasteiger partial charge >= 0.3 is 0 Å². The van der Waals surface area contributed by atoms with Gasteiger partial charge in [-0.15, -0.1) is 0 Å². The third-order valence-corrected chi connectivity index (χ3v) is 5.37. The highest BCUT2D eigenvalue weighted by molar-refractivity contribution is 5.97. The number of likely N-dealkylation sites (N-methyl/N-ethyl adjacent to an activating group) is 1.